The Hall–Kier alpha value is -5.34. The van der Waals surface area contributed by atoms with Gasteiger partial charge in [0.15, 0.2) is 0 Å². The number of benzene rings is 5. The minimum atomic E-state index is 0. The monoisotopic (exact) mass is 599 g/mol. The van der Waals surface area contributed by atoms with Gasteiger partial charge in [-0.05, 0) is 107 Å². The van der Waals surface area contributed by atoms with Crippen LogP contribution in [0.3, 0.4) is 0 Å². The second kappa shape index (κ2) is 14.6. The molecule has 2 nitrogen and oxygen atoms in total. The van der Waals surface area contributed by atoms with E-state index in [0.717, 1.165) is 42.1 Å². The third-order valence-corrected chi connectivity index (χ3v) is 8.61. The number of fused-ring (bicyclic) bond motifs is 1. The van der Waals surface area contributed by atoms with Crippen molar-refractivity contribution in [3.63, 3.8) is 0 Å². The Morgan fingerprint density at radius 3 is 1.91 bits per heavy atom. The summed E-state index contributed by atoms with van der Waals surface area (Å²) in [6, 6.07) is 47.6. The summed E-state index contributed by atoms with van der Waals surface area (Å²) in [5, 5.41) is 0. The van der Waals surface area contributed by atoms with E-state index in [0.29, 0.717) is 12.5 Å². The number of nitrogens with zero attached hydrogens (tertiary/aromatic N) is 1. The Bertz CT molecular complexity index is 1850. The van der Waals surface area contributed by atoms with E-state index in [4.69, 9.17) is 4.74 Å². The van der Waals surface area contributed by atoms with Gasteiger partial charge < -0.3 is 9.64 Å². The molecule has 1 heterocycles. The maximum Gasteiger partial charge on any atom is 0.123 e. The Morgan fingerprint density at radius 1 is 0.587 bits per heavy atom. The Labute approximate surface area is 274 Å². The topological polar surface area (TPSA) is 12.5 Å². The van der Waals surface area contributed by atoms with Crippen LogP contribution in [0.15, 0.2) is 170 Å². The van der Waals surface area contributed by atoms with Crippen molar-refractivity contribution in [1.82, 2.24) is 0 Å². The van der Waals surface area contributed by atoms with E-state index in [1.807, 2.05) is 12.1 Å². The van der Waals surface area contributed by atoms with Crippen LogP contribution in [0, 0.1) is 5.92 Å². The summed E-state index contributed by atoms with van der Waals surface area (Å²) in [7, 11) is 0. The molecule has 0 bridgehead atoms. The number of hydrogen-bond acceptors (Lipinski definition) is 2. The van der Waals surface area contributed by atoms with Crippen LogP contribution in [-0.4, -0.2) is 6.61 Å². The normalized spacial score (nSPS) is 17.3. The van der Waals surface area contributed by atoms with Gasteiger partial charge in [0.2, 0.25) is 0 Å². The molecule has 1 aliphatic heterocycles. The van der Waals surface area contributed by atoms with Crippen molar-refractivity contribution in [2.45, 2.75) is 26.7 Å². The highest BCUT2D eigenvalue weighted by Gasteiger charge is 2.15. The third kappa shape index (κ3) is 7.14. The number of ether oxygens (including phenoxy) is 1. The smallest absolute Gasteiger partial charge is 0.123 e. The number of allylic oxidation sites excluding steroid dienone is 7. The van der Waals surface area contributed by atoms with Gasteiger partial charge in [0, 0.05) is 17.1 Å². The Kier molecular flexibility index (Phi) is 9.75. The molecule has 2 aliphatic rings. The van der Waals surface area contributed by atoms with Crippen LogP contribution in [-0.2, 0) is 12.8 Å². The molecule has 228 valence electrons. The van der Waals surface area contributed by atoms with Crippen LogP contribution < -0.4 is 9.64 Å². The summed E-state index contributed by atoms with van der Waals surface area (Å²) in [5.41, 5.74) is 11.0. The second-order valence-corrected chi connectivity index (χ2v) is 11.7. The van der Waals surface area contributed by atoms with Crippen LogP contribution in [0.2, 0.25) is 0 Å². The molecule has 0 N–H and O–H groups in total. The molecule has 1 unspecified atom stereocenters. The molecule has 0 fully saturated rings. The summed E-state index contributed by atoms with van der Waals surface area (Å²) < 4.78 is 5.98. The average Bonchev–Trinajstić information content (AvgIpc) is 3.21. The van der Waals surface area contributed by atoms with E-state index in [2.05, 4.69) is 163 Å². The van der Waals surface area contributed by atoms with Crippen LogP contribution in [0.5, 0.6) is 5.75 Å². The van der Waals surface area contributed by atoms with Gasteiger partial charge in [-0.15, -0.1) is 0 Å². The van der Waals surface area contributed by atoms with E-state index in [1.54, 1.807) is 0 Å². The minimum Gasteiger partial charge on any atom is -0.489 e. The molecule has 0 radical (unpaired) electrons. The molecule has 7 rings (SSSR count). The van der Waals surface area contributed by atoms with Crippen molar-refractivity contribution in [3.05, 3.63) is 192 Å². The van der Waals surface area contributed by atoms with E-state index < -0.39 is 0 Å². The van der Waals surface area contributed by atoms with Crippen molar-refractivity contribution < 1.29 is 4.74 Å². The molecule has 1 atom stereocenters. The lowest BCUT2D eigenvalue weighted by molar-refractivity contribution is 0.360. The first-order valence-electron chi connectivity index (χ1n) is 15.9. The lowest BCUT2D eigenvalue weighted by Crippen LogP contribution is -2.10. The van der Waals surface area contributed by atoms with Crippen molar-refractivity contribution in [2.24, 2.45) is 5.92 Å². The van der Waals surface area contributed by atoms with E-state index in [-0.39, 0.29) is 7.43 Å². The summed E-state index contributed by atoms with van der Waals surface area (Å²) in [4.78, 5) is 2.33. The fourth-order valence-electron chi connectivity index (χ4n) is 6.20. The fraction of sp³-hybridized carbons (Fsp3) is 0.136. The average molecular weight is 600 g/mol. The molecular formula is C44H41NO. The van der Waals surface area contributed by atoms with Crippen molar-refractivity contribution in [1.29, 1.82) is 0 Å². The van der Waals surface area contributed by atoms with Gasteiger partial charge in [0.05, 0.1) is 0 Å². The Morgan fingerprint density at radius 2 is 1.20 bits per heavy atom. The van der Waals surface area contributed by atoms with E-state index >= 15 is 0 Å². The molecule has 2 heteroatoms. The zero-order valence-electron chi connectivity index (χ0n) is 25.4. The van der Waals surface area contributed by atoms with E-state index in [9.17, 15) is 0 Å². The molecular weight excluding hydrogens is 558 g/mol. The summed E-state index contributed by atoms with van der Waals surface area (Å²) in [5.74, 6) is 1.48. The third-order valence-electron chi connectivity index (χ3n) is 8.61. The molecule has 0 aromatic heterocycles. The first-order valence-corrected chi connectivity index (χ1v) is 15.9. The SMILES string of the molecule is C.C1=CC(Cc2ccc(N(c3ccccc3)c3ccc(C4=C/Cc5ccccc5OC/C=C\4)cc3)cc2)CC=C1c1ccccc1. The quantitative estimate of drug-likeness (QED) is 0.184. The zero-order valence-corrected chi connectivity index (χ0v) is 25.4. The van der Waals surface area contributed by atoms with Crippen LogP contribution in [0.4, 0.5) is 17.1 Å². The molecule has 1 aliphatic carbocycles. The molecule has 5 aromatic carbocycles. The summed E-state index contributed by atoms with van der Waals surface area (Å²) >= 11 is 0. The highest BCUT2D eigenvalue weighted by atomic mass is 16.5. The van der Waals surface area contributed by atoms with Crippen LogP contribution >= 0.6 is 0 Å². The predicted molar refractivity (Wildman–Crippen MR) is 196 cm³/mol. The summed E-state index contributed by atoms with van der Waals surface area (Å²) in [6.45, 7) is 0.562. The maximum absolute atomic E-state index is 5.98. The molecule has 5 aromatic rings. The minimum absolute atomic E-state index is 0. The fourth-order valence-corrected chi connectivity index (χ4v) is 6.20. The molecule has 0 saturated heterocycles. The van der Waals surface area contributed by atoms with E-state index in [1.165, 1.54) is 33.4 Å². The van der Waals surface area contributed by atoms with Gasteiger partial charge in [-0.25, -0.2) is 0 Å². The highest BCUT2D eigenvalue weighted by Crippen LogP contribution is 2.36. The van der Waals surface area contributed by atoms with Crippen molar-refractivity contribution in [3.8, 4) is 5.75 Å². The van der Waals surface area contributed by atoms with Gasteiger partial charge in [-0.1, -0.05) is 129 Å². The molecule has 0 amide bonds. The first kappa shape index (κ1) is 30.7. The lowest BCUT2D eigenvalue weighted by atomic mass is 9.89. The molecule has 46 heavy (non-hydrogen) atoms. The second-order valence-electron chi connectivity index (χ2n) is 11.7. The molecule has 0 saturated carbocycles. The van der Waals surface area contributed by atoms with Gasteiger partial charge in [-0.3, -0.25) is 0 Å². The predicted octanol–water partition coefficient (Wildman–Crippen LogP) is 11.6. The number of para-hydroxylation sites is 2. The number of hydrogen-bond donors (Lipinski definition) is 0. The Balaban J connectivity index is 0.00000372. The number of rotatable bonds is 7. The zero-order chi connectivity index (χ0) is 30.3. The van der Waals surface area contributed by atoms with Crippen molar-refractivity contribution >= 4 is 28.2 Å². The lowest BCUT2D eigenvalue weighted by Gasteiger charge is -2.26. The van der Waals surface area contributed by atoms with Crippen molar-refractivity contribution in [2.75, 3.05) is 11.5 Å². The van der Waals surface area contributed by atoms with Crippen LogP contribution in [0.25, 0.3) is 11.1 Å². The first-order chi connectivity index (χ1) is 22.3. The van der Waals surface area contributed by atoms with Gasteiger partial charge in [0.1, 0.15) is 12.4 Å². The largest absolute Gasteiger partial charge is 0.489 e. The van der Waals surface area contributed by atoms with Crippen LogP contribution in [0.1, 0.15) is 36.1 Å². The number of anilines is 3. The van der Waals surface area contributed by atoms with Gasteiger partial charge >= 0.3 is 0 Å². The molecule has 0 spiro atoms. The highest BCUT2D eigenvalue weighted by molar-refractivity contribution is 5.80. The standard InChI is InChI=1S/C43H37NO.CH4/c1-3-10-35(11-4-1)37-21-17-33(18-22-37)32-34-19-27-41(28-20-34)44(40-14-5-2-6-15-40)42-29-25-38(26-30-42)36-13-9-31-45-43-16-8-7-12-39(43)24-23-36;/h1-17,19-23,25-30,33H,18,24,31-32H2;1H4/b13-9-,36-23+;. The maximum atomic E-state index is 5.98. The van der Waals surface area contributed by atoms with Gasteiger partial charge in [-0.2, -0.15) is 0 Å². The van der Waals surface area contributed by atoms with Gasteiger partial charge in [0.25, 0.3) is 0 Å². The summed E-state index contributed by atoms with van der Waals surface area (Å²) in [6.07, 6.45) is 16.6.